The Bertz CT molecular complexity index is 1250. The molecule has 4 aromatic rings. The van der Waals surface area contributed by atoms with E-state index in [1.165, 1.54) is 6.07 Å². The van der Waals surface area contributed by atoms with Gasteiger partial charge in [0.05, 0.1) is 18.5 Å². The first kappa shape index (κ1) is 19.3. The second kappa shape index (κ2) is 8.23. The largest absolute Gasteiger partial charge is 0.424 e. The molecule has 0 aliphatic heterocycles. The highest BCUT2D eigenvalue weighted by molar-refractivity contribution is 5.75. The molecular formula is C23H23N5O3. The van der Waals surface area contributed by atoms with Crippen LogP contribution in [0.3, 0.4) is 0 Å². The lowest BCUT2D eigenvalue weighted by molar-refractivity contribution is 0.282. The van der Waals surface area contributed by atoms with Gasteiger partial charge in [-0.15, -0.1) is 0 Å². The van der Waals surface area contributed by atoms with Crippen molar-refractivity contribution < 1.29 is 9.52 Å². The van der Waals surface area contributed by atoms with Crippen LogP contribution in [0, 0.1) is 0 Å². The van der Waals surface area contributed by atoms with E-state index in [-0.39, 0.29) is 18.2 Å². The molecule has 3 aromatic heterocycles. The van der Waals surface area contributed by atoms with Crippen molar-refractivity contribution in [2.75, 3.05) is 10.6 Å². The fourth-order valence-corrected chi connectivity index (χ4v) is 4.01. The molecule has 1 fully saturated rings. The average molecular weight is 417 g/mol. The highest BCUT2D eigenvalue weighted by Gasteiger charge is 2.26. The minimum atomic E-state index is -0.0819. The molecule has 158 valence electrons. The van der Waals surface area contributed by atoms with Crippen LogP contribution in [0.5, 0.6) is 0 Å². The Morgan fingerprint density at radius 1 is 1.10 bits per heavy atom. The predicted molar refractivity (Wildman–Crippen MR) is 118 cm³/mol. The Hall–Kier alpha value is -3.65. The minimum absolute atomic E-state index is 0.0214. The second-order valence-electron chi connectivity index (χ2n) is 7.79. The number of pyridine rings is 2. The monoisotopic (exact) mass is 417 g/mol. The molecule has 1 aliphatic rings. The number of aliphatic hydroxyl groups excluding tert-OH is 1. The van der Waals surface area contributed by atoms with Crippen LogP contribution >= 0.6 is 0 Å². The Kier molecular flexibility index (Phi) is 5.13. The van der Waals surface area contributed by atoms with Gasteiger partial charge in [0.15, 0.2) is 5.58 Å². The van der Waals surface area contributed by atoms with Gasteiger partial charge in [-0.05, 0) is 55.2 Å². The van der Waals surface area contributed by atoms with Crippen molar-refractivity contribution in [2.24, 2.45) is 0 Å². The summed E-state index contributed by atoms with van der Waals surface area (Å²) in [6, 6.07) is 15.4. The van der Waals surface area contributed by atoms with Gasteiger partial charge in [0.1, 0.15) is 11.3 Å². The van der Waals surface area contributed by atoms with Crippen molar-refractivity contribution in [2.45, 2.75) is 38.0 Å². The van der Waals surface area contributed by atoms with Crippen LogP contribution in [0.2, 0.25) is 0 Å². The lowest BCUT2D eigenvalue weighted by atomic mass is 10.2. The molecule has 0 spiro atoms. The topological polar surface area (TPSA) is 105 Å². The van der Waals surface area contributed by atoms with Gasteiger partial charge >= 0.3 is 0 Å². The van der Waals surface area contributed by atoms with Crippen LogP contribution in [0.4, 0.5) is 11.8 Å². The zero-order valence-electron chi connectivity index (χ0n) is 16.9. The van der Waals surface area contributed by atoms with Gasteiger partial charge in [0.25, 0.3) is 11.6 Å². The van der Waals surface area contributed by atoms with E-state index in [9.17, 15) is 9.90 Å². The lowest BCUT2D eigenvalue weighted by Crippen LogP contribution is -2.21. The molecule has 0 radical (unpaired) electrons. The van der Waals surface area contributed by atoms with Crippen LogP contribution in [-0.4, -0.2) is 31.7 Å². The normalized spacial score (nSPS) is 18.4. The predicted octanol–water partition coefficient (Wildman–Crippen LogP) is 3.31. The molecule has 1 saturated carbocycles. The summed E-state index contributed by atoms with van der Waals surface area (Å²) in [6.07, 6.45) is 6.36. The molecule has 0 amide bonds. The van der Waals surface area contributed by atoms with Crippen LogP contribution in [0.25, 0.3) is 16.8 Å². The SMILES string of the molecule is O=c1ccccn1-c1ccc(N[C@H]2CC[C@H](Nc3nc4ccc(CO)cc4o3)C2)nc1. The number of aromatic nitrogens is 3. The number of anilines is 2. The lowest BCUT2D eigenvalue weighted by Gasteiger charge is -2.15. The van der Waals surface area contributed by atoms with Gasteiger partial charge in [-0.25, -0.2) is 4.98 Å². The van der Waals surface area contributed by atoms with Gasteiger partial charge < -0.3 is 20.2 Å². The van der Waals surface area contributed by atoms with Crippen LogP contribution in [-0.2, 0) is 6.61 Å². The molecule has 1 aliphatic carbocycles. The molecule has 8 nitrogen and oxygen atoms in total. The fraction of sp³-hybridized carbons (Fsp3) is 0.261. The van der Waals surface area contributed by atoms with E-state index in [1.54, 1.807) is 23.0 Å². The number of hydrogen-bond acceptors (Lipinski definition) is 7. The van der Waals surface area contributed by atoms with Gasteiger partial charge in [0, 0.05) is 24.3 Å². The van der Waals surface area contributed by atoms with E-state index < -0.39 is 0 Å². The smallest absolute Gasteiger partial charge is 0.295 e. The van der Waals surface area contributed by atoms with E-state index in [4.69, 9.17) is 4.42 Å². The molecule has 8 heteroatoms. The Balaban J connectivity index is 1.20. The maximum Gasteiger partial charge on any atom is 0.295 e. The number of fused-ring (bicyclic) bond motifs is 1. The van der Waals surface area contributed by atoms with Crippen molar-refractivity contribution in [3.8, 4) is 5.69 Å². The maximum absolute atomic E-state index is 11.9. The van der Waals surface area contributed by atoms with Crippen molar-refractivity contribution >= 4 is 22.9 Å². The highest BCUT2D eigenvalue weighted by atomic mass is 16.4. The van der Waals surface area contributed by atoms with E-state index in [2.05, 4.69) is 20.6 Å². The van der Waals surface area contributed by atoms with Crippen molar-refractivity contribution in [3.05, 3.63) is 76.8 Å². The first-order chi connectivity index (χ1) is 15.2. The molecule has 3 N–H and O–H groups in total. The third-order valence-electron chi connectivity index (χ3n) is 5.60. The molecule has 0 saturated heterocycles. The minimum Gasteiger partial charge on any atom is -0.424 e. The number of nitrogens with zero attached hydrogens (tertiary/aromatic N) is 3. The van der Waals surface area contributed by atoms with E-state index in [1.807, 2.05) is 36.4 Å². The van der Waals surface area contributed by atoms with Crippen molar-refractivity contribution in [3.63, 3.8) is 0 Å². The number of oxazole rings is 1. The summed E-state index contributed by atoms with van der Waals surface area (Å²) in [5, 5.41) is 16.1. The van der Waals surface area contributed by atoms with Gasteiger partial charge in [-0.2, -0.15) is 4.98 Å². The van der Waals surface area contributed by atoms with E-state index in [0.717, 1.165) is 41.8 Å². The fourth-order valence-electron chi connectivity index (χ4n) is 4.01. The number of aliphatic hydroxyl groups is 1. The standard InChI is InChI=1S/C23H23N5O3/c29-14-15-4-8-19-20(11-15)31-23(27-19)26-17-6-5-16(12-17)25-21-9-7-18(13-24-21)28-10-2-1-3-22(28)30/h1-4,7-11,13,16-17,29H,5-6,12,14H2,(H,24,25)(H,26,27)/t16-,17-/m0/s1. The Morgan fingerprint density at radius 2 is 1.97 bits per heavy atom. The number of benzene rings is 1. The van der Waals surface area contributed by atoms with Crippen molar-refractivity contribution in [1.29, 1.82) is 0 Å². The highest BCUT2D eigenvalue weighted by Crippen LogP contribution is 2.27. The Morgan fingerprint density at radius 3 is 2.74 bits per heavy atom. The summed E-state index contributed by atoms with van der Waals surface area (Å²) in [4.78, 5) is 20.9. The number of hydrogen-bond donors (Lipinski definition) is 3. The second-order valence-corrected chi connectivity index (χ2v) is 7.79. The molecule has 31 heavy (non-hydrogen) atoms. The molecule has 0 bridgehead atoms. The zero-order valence-corrected chi connectivity index (χ0v) is 16.9. The Labute approximate surface area is 178 Å². The van der Waals surface area contributed by atoms with Gasteiger partial charge in [0.2, 0.25) is 0 Å². The van der Waals surface area contributed by atoms with E-state index in [0.29, 0.717) is 17.6 Å². The summed E-state index contributed by atoms with van der Waals surface area (Å²) in [5.41, 5.74) is 2.90. The summed E-state index contributed by atoms with van der Waals surface area (Å²) < 4.78 is 7.36. The molecule has 5 rings (SSSR count). The molecule has 1 aromatic carbocycles. The molecule has 0 unspecified atom stereocenters. The van der Waals surface area contributed by atoms with Crippen LogP contribution in [0.15, 0.2) is 70.1 Å². The third kappa shape index (κ3) is 4.15. The number of nitrogens with one attached hydrogen (secondary N) is 2. The zero-order chi connectivity index (χ0) is 21.2. The summed E-state index contributed by atoms with van der Waals surface area (Å²) >= 11 is 0. The molecule has 3 heterocycles. The molecule has 2 atom stereocenters. The first-order valence-corrected chi connectivity index (χ1v) is 10.4. The molecular weight excluding hydrogens is 394 g/mol. The number of rotatable bonds is 6. The van der Waals surface area contributed by atoms with E-state index >= 15 is 0 Å². The first-order valence-electron chi connectivity index (χ1n) is 10.4. The summed E-state index contributed by atoms with van der Waals surface area (Å²) in [7, 11) is 0. The van der Waals surface area contributed by atoms with Crippen molar-refractivity contribution in [1.82, 2.24) is 14.5 Å². The third-order valence-corrected chi connectivity index (χ3v) is 5.60. The van der Waals surface area contributed by atoms with Gasteiger partial charge in [-0.1, -0.05) is 12.1 Å². The summed E-state index contributed by atoms with van der Waals surface area (Å²) in [6.45, 7) is -0.0214. The summed E-state index contributed by atoms with van der Waals surface area (Å²) in [5.74, 6) is 0.789. The quantitative estimate of drug-likeness (QED) is 0.442. The van der Waals surface area contributed by atoms with Crippen LogP contribution in [0.1, 0.15) is 24.8 Å². The van der Waals surface area contributed by atoms with Gasteiger partial charge in [-0.3, -0.25) is 9.36 Å². The maximum atomic E-state index is 11.9. The average Bonchev–Trinajstić information content (AvgIpc) is 3.40. The van der Waals surface area contributed by atoms with Crippen LogP contribution < -0.4 is 16.2 Å².